The van der Waals surface area contributed by atoms with Gasteiger partial charge in [-0.05, 0) is 50.2 Å². The molecule has 1 spiro atoms. The molecule has 154 valence electrons. The SMILES string of the molecule is Cc1ccc(N2CCC(N3CCC4(CC3)NCC(C)(C)CNC4=O)CC2)cc1. The Morgan fingerprint density at radius 2 is 1.61 bits per heavy atom. The molecule has 0 bridgehead atoms. The van der Waals surface area contributed by atoms with Gasteiger partial charge in [0.15, 0.2) is 0 Å². The van der Waals surface area contributed by atoms with E-state index in [1.54, 1.807) is 0 Å². The summed E-state index contributed by atoms with van der Waals surface area (Å²) >= 11 is 0. The van der Waals surface area contributed by atoms with Crippen molar-refractivity contribution in [3.63, 3.8) is 0 Å². The number of piperidine rings is 2. The zero-order chi connectivity index (χ0) is 19.8. The predicted octanol–water partition coefficient (Wildman–Crippen LogP) is 2.54. The smallest absolute Gasteiger partial charge is 0.240 e. The first-order valence-corrected chi connectivity index (χ1v) is 11.0. The monoisotopic (exact) mass is 384 g/mol. The number of anilines is 1. The molecule has 3 saturated heterocycles. The van der Waals surface area contributed by atoms with E-state index in [2.05, 4.69) is 65.5 Å². The van der Waals surface area contributed by atoms with Gasteiger partial charge in [-0.15, -0.1) is 0 Å². The van der Waals surface area contributed by atoms with Crippen LogP contribution in [0.2, 0.25) is 0 Å². The molecule has 0 unspecified atom stereocenters. The highest BCUT2D eigenvalue weighted by atomic mass is 16.2. The molecule has 3 fully saturated rings. The average molecular weight is 385 g/mol. The summed E-state index contributed by atoms with van der Waals surface area (Å²) in [4.78, 5) is 17.9. The minimum absolute atomic E-state index is 0.124. The van der Waals surface area contributed by atoms with Gasteiger partial charge in [0, 0.05) is 51.0 Å². The molecule has 2 N–H and O–H groups in total. The van der Waals surface area contributed by atoms with Crippen molar-refractivity contribution in [1.82, 2.24) is 15.5 Å². The van der Waals surface area contributed by atoms with E-state index in [1.807, 2.05) is 0 Å². The Bertz CT molecular complexity index is 683. The first kappa shape index (κ1) is 19.7. The molecule has 0 saturated carbocycles. The van der Waals surface area contributed by atoms with Gasteiger partial charge in [0.05, 0.1) is 0 Å². The van der Waals surface area contributed by atoms with Crippen molar-refractivity contribution >= 4 is 11.6 Å². The third-order valence-corrected chi connectivity index (χ3v) is 7.10. The summed E-state index contributed by atoms with van der Waals surface area (Å²) < 4.78 is 0. The number of carbonyl (C=O) groups is 1. The molecule has 5 heteroatoms. The lowest BCUT2D eigenvalue weighted by Gasteiger charge is -2.46. The minimum Gasteiger partial charge on any atom is -0.371 e. The highest BCUT2D eigenvalue weighted by Crippen LogP contribution is 2.30. The molecule has 28 heavy (non-hydrogen) atoms. The van der Waals surface area contributed by atoms with Crippen molar-refractivity contribution in [1.29, 1.82) is 0 Å². The van der Waals surface area contributed by atoms with Crippen LogP contribution in [0.15, 0.2) is 24.3 Å². The maximum Gasteiger partial charge on any atom is 0.240 e. The number of benzene rings is 1. The molecule has 0 aromatic heterocycles. The summed E-state index contributed by atoms with van der Waals surface area (Å²) in [5.41, 5.74) is 2.44. The van der Waals surface area contributed by atoms with Gasteiger partial charge in [0.25, 0.3) is 0 Å². The molecule has 5 nitrogen and oxygen atoms in total. The van der Waals surface area contributed by atoms with Crippen LogP contribution in [-0.4, -0.2) is 61.7 Å². The van der Waals surface area contributed by atoms with Gasteiger partial charge in [0.2, 0.25) is 5.91 Å². The van der Waals surface area contributed by atoms with Crippen LogP contribution in [-0.2, 0) is 4.79 Å². The number of nitrogens with one attached hydrogen (secondary N) is 2. The molecule has 0 aliphatic carbocycles. The fraction of sp³-hybridized carbons (Fsp3) is 0.696. The summed E-state index contributed by atoms with van der Waals surface area (Å²) in [6.07, 6.45) is 4.28. The van der Waals surface area contributed by atoms with E-state index in [0.717, 1.165) is 52.1 Å². The van der Waals surface area contributed by atoms with Crippen molar-refractivity contribution in [2.24, 2.45) is 5.41 Å². The maximum absolute atomic E-state index is 12.8. The Labute approximate surface area is 169 Å². The molecule has 1 amide bonds. The molecule has 1 aromatic carbocycles. The van der Waals surface area contributed by atoms with Crippen LogP contribution in [0.1, 0.15) is 45.1 Å². The van der Waals surface area contributed by atoms with Gasteiger partial charge >= 0.3 is 0 Å². The van der Waals surface area contributed by atoms with Crippen LogP contribution in [0.5, 0.6) is 0 Å². The normalized spacial score (nSPS) is 26.1. The Kier molecular flexibility index (Phi) is 5.41. The first-order valence-electron chi connectivity index (χ1n) is 11.0. The predicted molar refractivity (Wildman–Crippen MR) is 115 cm³/mol. The van der Waals surface area contributed by atoms with Gasteiger partial charge in [-0.25, -0.2) is 0 Å². The average Bonchev–Trinajstić information content (AvgIpc) is 2.82. The van der Waals surface area contributed by atoms with Gasteiger partial charge in [-0.1, -0.05) is 31.5 Å². The van der Waals surface area contributed by atoms with Gasteiger partial charge in [-0.3, -0.25) is 4.79 Å². The van der Waals surface area contributed by atoms with E-state index in [0.29, 0.717) is 6.04 Å². The van der Waals surface area contributed by atoms with Gasteiger partial charge in [-0.2, -0.15) is 0 Å². The lowest BCUT2D eigenvalue weighted by molar-refractivity contribution is -0.129. The lowest BCUT2D eigenvalue weighted by atomic mass is 9.84. The van der Waals surface area contributed by atoms with Crippen molar-refractivity contribution in [3.05, 3.63) is 29.8 Å². The Morgan fingerprint density at radius 3 is 2.25 bits per heavy atom. The molecule has 4 rings (SSSR count). The number of carbonyl (C=O) groups excluding carboxylic acids is 1. The summed E-state index contributed by atoms with van der Waals surface area (Å²) in [6.45, 7) is 12.6. The number of nitrogens with zero attached hydrogens (tertiary/aromatic N) is 2. The van der Waals surface area contributed by atoms with Crippen molar-refractivity contribution in [2.75, 3.05) is 44.2 Å². The van der Waals surface area contributed by atoms with Crippen LogP contribution >= 0.6 is 0 Å². The van der Waals surface area contributed by atoms with Crippen LogP contribution in [0.25, 0.3) is 0 Å². The summed E-state index contributed by atoms with van der Waals surface area (Å²) in [5.74, 6) is 0.215. The van der Waals surface area contributed by atoms with Gasteiger partial charge in [0.1, 0.15) is 5.54 Å². The first-order chi connectivity index (χ1) is 13.4. The fourth-order valence-corrected chi connectivity index (χ4v) is 4.96. The van der Waals surface area contributed by atoms with E-state index in [4.69, 9.17) is 0 Å². The summed E-state index contributed by atoms with van der Waals surface area (Å²) in [7, 11) is 0. The summed E-state index contributed by atoms with van der Waals surface area (Å²) in [6, 6.07) is 9.56. The second-order valence-electron chi connectivity index (χ2n) is 9.87. The largest absolute Gasteiger partial charge is 0.371 e. The van der Waals surface area contributed by atoms with Crippen LogP contribution in [0, 0.1) is 12.3 Å². The van der Waals surface area contributed by atoms with E-state index in [9.17, 15) is 4.79 Å². The zero-order valence-corrected chi connectivity index (χ0v) is 17.8. The number of likely N-dealkylation sites (tertiary alicyclic amines) is 1. The lowest BCUT2D eigenvalue weighted by Crippen LogP contribution is -2.62. The number of hydrogen-bond acceptors (Lipinski definition) is 4. The van der Waals surface area contributed by atoms with E-state index in [1.165, 1.54) is 24.1 Å². The zero-order valence-electron chi connectivity index (χ0n) is 17.8. The number of aryl methyl sites for hydroxylation is 1. The highest BCUT2D eigenvalue weighted by molar-refractivity contribution is 5.86. The number of amides is 1. The maximum atomic E-state index is 12.8. The molecule has 0 radical (unpaired) electrons. The summed E-state index contributed by atoms with van der Waals surface area (Å²) in [5, 5.41) is 6.84. The second kappa shape index (κ2) is 7.68. The third kappa shape index (κ3) is 4.06. The van der Waals surface area contributed by atoms with Gasteiger partial charge < -0.3 is 20.4 Å². The number of hydrogen-bond donors (Lipinski definition) is 2. The quantitative estimate of drug-likeness (QED) is 0.823. The van der Waals surface area contributed by atoms with Crippen molar-refractivity contribution in [3.8, 4) is 0 Å². The molecular weight excluding hydrogens is 348 g/mol. The van der Waals surface area contributed by atoms with Crippen LogP contribution < -0.4 is 15.5 Å². The second-order valence-corrected chi connectivity index (χ2v) is 9.87. The Balaban J connectivity index is 1.31. The molecule has 3 aliphatic heterocycles. The minimum atomic E-state index is -0.354. The molecular formula is C23H36N4O. The Morgan fingerprint density at radius 1 is 0.964 bits per heavy atom. The van der Waals surface area contributed by atoms with Crippen LogP contribution in [0.3, 0.4) is 0 Å². The van der Waals surface area contributed by atoms with Crippen LogP contribution in [0.4, 0.5) is 5.69 Å². The Hall–Kier alpha value is -1.59. The van der Waals surface area contributed by atoms with E-state index in [-0.39, 0.29) is 16.9 Å². The standard InChI is InChI=1S/C23H36N4O/c1-18-4-6-19(7-5-18)26-12-8-20(9-13-26)27-14-10-23(11-15-27)21(28)24-16-22(2,3)17-25-23/h4-7,20,25H,8-17H2,1-3H3,(H,24,28). The van der Waals surface area contributed by atoms with E-state index < -0.39 is 0 Å². The van der Waals surface area contributed by atoms with Crippen molar-refractivity contribution in [2.45, 2.75) is 58.0 Å². The highest BCUT2D eigenvalue weighted by Gasteiger charge is 2.45. The van der Waals surface area contributed by atoms with Crippen molar-refractivity contribution < 1.29 is 4.79 Å². The molecule has 1 aromatic rings. The molecule has 3 heterocycles. The topological polar surface area (TPSA) is 47.6 Å². The van der Waals surface area contributed by atoms with E-state index >= 15 is 0 Å². The molecule has 0 atom stereocenters. The third-order valence-electron chi connectivity index (χ3n) is 7.10. The molecule has 3 aliphatic rings. The fourth-order valence-electron chi connectivity index (χ4n) is 4.96. The number of rotatable bonds is 2.